The molecule has 178 valence electrons. The fourth-order valence-electron chi connectivity index (χ4n) is 4.64. The molecule has 3 atom stereocenters. The van der Waals surface area contributed by atoms with Crippen LogP contribution in [0.15, 0.2) is 60.7 Å². The highest BCUT2D eigenvalue weighted by molar-refractivity contribution is 5.89. The van der Waals surface area contributed by atoms with Crippen molar-refractivity contribution in [2.24, 2.45) is 0 Å². The van der Waals surface area contributed by atoms with Crippen LogP contribution in [0.25, 0.3) is 10.8 Å². The Morgan fingerprint density at radius 2 is 1.91 bits per heavy atom. The predicted octanol–water partition coefficient (Wildman–Crippen LogP) is 4.68. The molecule has 0 saturated carbocycles. The van der Waals surface area contributed by atoms with Gasteiger partial charge in [-0.3, -0.25) is 0 Å². The van der Waals surface area contributed by atoms with Gasteiger partial charge in [0.05, 0.1) is 33.0 Å². The Balaban J connectivity index is 1.33. The molecule has 0 aliphatic carbocycles. The van der Waals surface area contributed by atoms with E-state index in [9.17, 15) is 9.90 Å². The zero-order valence-electron chi connectivity index (χ0n) is 19.2. The van der Waals surface area contributed by atoms with Gasteiger partial charge in [-0.05, 0) is 29.5 Å². The first kappa shape index (κ1) is 22.5. The maximum absolute atomic E-state index is 11.7. The summed E-state index contributed by atoms with van der Waals surface area (Å²) in [6.45, 7) is 2.48. The molecular weight excluding hydrogens is 434 g/mol. The van der Waals surface area contributed by atoms with Crippen molar-refractivity contribution >= 4 is 16.9 Å². The smallest absolute Gasteiger partial charge is 0.407 e. The summed E-state index contributed by atoms with van der Waals surface area (Å²) < 4.78 is 23.1. The van der Waals surface area contributed by atoms with Crippen molar-refractivity contribution in [3.63, 3.8) is 0 Å². The molecule has 0 spiro atoms. The molecule has 0 bridgehead atoms. The number of carboxylic acid groups (broad SMARTS) is 1. The molecule has 2 saturated heterocycles. The van der Waals surface area contributed by atoms with Gasteiger partial charge < -0.3 is 29.0 Å². The van der Waals surface area contributed by atoms with Crippen LogP contribution >= 0.6 is 0 Å². The Morgan fingerprint density at radius 3 is 2.65 bits per heavy atom. The van der Waals surface area contributed by atoms with Gasteiger partial charge in [-0.1, -0.05) is 48.5 Å². The van der Waals surface area contributed by atoms with Crippen LogP contribution in [0.1, 0.15) is 23.5 Å². The van der Waals surface area contributed by atoms with Crippen molar-refractivity contribution < 1.29 is 28.8 Å². The minimum absolute atomic E-state index is 0.0860. The summed E-state index contributed by atoms with van der Waals surface area (Å²) in [5, 5.41) is 11.7. The Morgan fingerprint density at radius 1 is 1.12 bits per heavy atom. The molecule has 1 N–H and O–H groups in total. The maximum atomic E-state index is 11.7. The Labute approximate surface area is 198 Å². The molecule has 2 fully saturated rings. The average Bonchev–Trinajstić information content (AvgIpc) is 3.70. The average molecular weight is 464 g/mol. The highest BCUT2D eigenvalue weighted by Gasteiger charge is 2.33. The third-order valence-corrected chi connectivity index (χ3v) is 6.59. The van der Waals surface area contributed by atoms with Gasteiger partial charge in [-0.2, -0.15) is 0 Å². The number of methoxy groups -OCH3 is 1. The van der Waals surface area contributed by atoms with Gasteiger partial charge >= 0.3 is 6.09 Å². The lowest BCUT2D eigenvalue weighted by Gasteiger charge is -2.37. The van der Waals surface area contributed by atoms with Crippen molar-refractivity contribution in [2.45, 2.75) is 31.2 Å². The minimum atomic E-state index is -0.915. The number of amides is 1. The molecule has 2 heterocycles. The van der Waals surface area contributed by atoms with Gasteiger partial charge in [0, 0.05) is 23.4 Å². The zero-order valence-corrected chi connectivity index (χ0v) is 19.2. The Hall–Kier alpha value is -3.29. The first-order valence-electron chi connectivity index (χ1n) is 11.6. The molecule has 34 heavy (non-hydrogen) atoms. The third kappa shape index (κ3) is 4.95. The summed E-state index contributed by atoms with van der Waals surface area (Å²) in [6, 6.07) is 20.2. The lowest BCUT2D eigenvalue weighted by atomic mass is 9.87. The van der Waals surface area contributed by atoms with Crippen LogP contribution in [0.3, 0.4) is 0 Å². The van der Waals surface area contributed by atoms with E-state index in [4.69, 9.17) is 18.9 Å². The molecule has 0 aromatic heterocycles. The summed E-state index contributed by atoms with van der Waals surface area (Å²) in [7, 11) is 1.67. The molecule has 7 heteroatoms. The fourth-order valence-corrected chi connectivity index (χ4v) is 4.64. The molecule has 2 aliphatic rings. The van der Waals surface area contributed by atoms with Crippen LogP contribution < -0.4 is 9.47 Å². The second-order valence-electron chi connectivity index (χ2n) is 8.79. The number of ether oxygens (including phenoxy) is 4. The SMILES string of the molecule is COc1c(CO[C@H]2CN(C(=O)O)CC[C@@H]2c2ccc(OCC3CO3)cc2)ccc2ccccc12. The predicted molar refractivity (Wildman–Crippen MR) is 128 cm³/mol. The van der Waals surface area contributed by atoms with Crippen LogP contribution in [0.2, 0.25) is 0 Å². The lowest BCUT2D eigenvalue weighted by Crippen LogP contribution is -2.46. The van der Waals surface area contributed by atoms with Crippen molar-refractivity contribution in [1.29, 1.82) is 0 Å². The van der Waals surface area contributed by atoms with Crippen LogP contribution in [-0.2, 0) is 16.1 Å². The van der Waals surface area contributed by atoms with E-state index in [1.54, 1.807) is 7.11 Å². The summed E-state index contributed by atoms with van der Waals surface area (Å²) in [4.78, 5) is 13.1. The quantitative estimate of drug-likeness (QED) is 0.489. The van der Waals surface area contributed by atoms with E-state index in [1.807, 2.05) is 36.4 Å². The number of fused-ring (bicyclic) bond motifs is 1. The number of benzene rings is 3. The number of carbonyl (C=O) groups is 1. The first-order chi connectivity index (χ1) is 16.6. The van der Waals surface area contributed by atoms with E-state index in [0.29, 0.717) is 32.7 Å². The zero-order chi connectivity index (χ0) is 23.5. The summed E-state index contributed by atoms with van der Waals surface area (Å²) >= 11 is 0. The molecular formula is C27H29NO6. The van der Waals surface area contributed by atoms with Crippen molar-refractivity contribution in [3.8, 4) is 11.5 Å². The van der Waals surface area contributed by atoms with Gasteiger partial charge in [-0.15, -0.1) is 0 Å². The molecule has 1 amide bonds. The number of piperidine rings is 1. The number of epoxide rings is 1. The molecule has 0 radical (unpaired) electrons. The van der Waals surface area contributed by atoms with Gasteiger partial charge in [0.2, 0.25) is 0 Å². The van der Waals surface area contributed by atoms with E-state index in [1.165, 1.54) is 4.90 Å². The molecule has 7 nitrogen and oxygen atoms in total. The minimum Gasteiger partial charge on any atom is -0.496 e. The number of likely N-dealkylation sites (tertiary alicyclic amines) is 1. The molecule has 3 aromatic carbocycles. The number of hydrogen-bond donors (Lipinski definition) is 1. The Kier molecular flexibility index (Phi) is 6.56. The van der Waals surface area contributed by atoms with E-state index < -0.39 is 6.09 Å². The molecule has 2 aliphatic heterocycles. The van der Waals surface area contributed by atoms with Crippen molar-refractivity contribution in [2.75, 3.05) is 33.4 Å². The van der Waals surface area contributed by atoms with Crippen LogP contribution in [0.5, 0.6) is 11.5 Å². The fraction of sp³-hybridized carbons (Fsp3) is 0.370. The van der Waals surface area contributed by atoms with E-state index in [-0.39, 0.29) is 18.1 Å². The normalized spacial score (nSPS) is 21.9. The monoisotopic (exact) mass is 463 g/mol. The Bertz CT molecular complexity index is 1140. The van der Waals surface area contributed by atoms with E-state index in [0.717, 1.165) is 40.0 Å². The molecule has 5 rings (SSSR count). The summed E-state index contributed by atoms with van der Waals surface area (Å²) in [5.41, 5.74) is 2.06. The molecule has 3 aromatic rings. The number of rotatable bonds is 8. The van der Waals surface area contributed by atoms with Crippen molar-refractivity contribution in [3.05, 3.63) is 71.8 Å². The standard InChI is InChI=1S/C27H29NO6/c1-31-26-20(7-6-18-4-2-3-5-24(18)26)15-34-25-14-28(27(29)30)13-12-23(25)19-8-10-21(11-9-19)32-16-22-17-33-22/h2-11,22-23,25H,12-17H2,1H3,(H,29,30)/t22?,23-,25+/m1/s1. The highest BCUT2D eigenvalue weighted by atomic mass is 16.6. The van der Waals surface area contributed by atoms with Crippen LogP contribution in [-0.4, -0.2) is 61.7 Å². The van der Waals surface area contributed by atoms with Gasteiger partial charge in [0.1, 0.15) is 24.2 Å². The highest BCUT2D eigenvalue weighted by Crippen LogP contribution is 2.34. The summed E-state index contributed by atoms with van der Waals surface area (Å²) in [5.74, 6) is 1.69. The third-order valence-electron chi connectivity index (χ3n) is 6.59. The molecule has 1 unspecified atom stereocenters. The van der Waals surface area contributed by atoms with Crippen LogP contribution in [0.4, 0.5) is 4.79 Å². The van der Waals surface area contributed by atoms with E-state index in [2.05, 4.69) is 24.3 Å². The number of hydrogen-bond acceptors (Lipinski definition) is 5. The topological polar surface area (TPSA) is 80.8 Å². The van der Waals surface area contributed by atoms with Gasteiger partial charge in [0.25, 0.3) is 0 Å². The maximum Gasteiger partial charge on any atom is 0.407 e. The number of nitrogens with zero attached hydrogens (tertiary/aromatic N) is 1. The first-order valence-corrected chi connectivity index (χ1v) is 11.6. The van der Waals surface area contributed by atoms with Crippen LogP contribution in [0, 0.1) is 0 Å². The van der Waals surface area contributed by atoms with Gasteiger partial charge in [0.15, 0.2) is 0 Å². The van der Waals surface area contributed by atoms with E-state index >= 15 is 0 Å². The van der Waals surface area contributed by atoms with Crippen molar-refractivity contribution in [1.82, 2.24) is 4.90 Å². The second-order valence-corrected chi connectivity index (χ2v) is 8.79. The lowest BCUT2D eigenvalue weighted by molar-refractivity contribution is -0.0204. The van der Waals surface area contributed by atoms with Gasteiger partial charge in [-0.25, -0.2) is 4.79 Å². The second kappa shape index (κ2) is 9.91. The largest absolute Gasteiger partial charge is 0.496 e. The summed E-state index contributed by atoms with van der Waals surface area (Å²) in [6.07, 6.45) is -0.277.